The molecule has 0 fully saturated rings. The maximum absolute atomic E-state index is 12.1. The van der Waals surface area contributed by atoms with Crippen molar-refractivity contribution in [2.45, 2.75) is 18.6 Å². The van der Waals surface area contributed by atoms with Crippen LogP contribution in [0, 0.1) is 0 Å². The van der Waals surface area contributed by atoms with Crippen molar-refractivity contribution in [3.63, 3.8) is 0 Å². The molecular formula is C16H18O4S. The molecule has 0 bridgehead atoms. The van der Waals surface area contributed by atoms with E-state index >= 15 is 0 Å². The van der Waals surface area contributed by atoms with E-state index in [1.54, 1.807) is 17.5 Å². The quantitative estimate of drug-likeness (QED) is 0.546. The van der Waals surface area contributed by atoms with Crippen molar-refractivity contribution in [3.05, 3.63) is 47.1 Å². The fourth-order valence-corrected chi connectivity index (χ4v) is 2.89. The minimum atomic E-state index is -0.375. The van der Waals surface area contributed by atoms with E-state index in [1.807, 2.05) is 25.1 Å². The number of thioether (sulfide) groups is 1. The number of carbonyl (C=O) groups is 2. The summed E-state index contributed by atoms with van der Waals surface area (Å²) < 4.78 is 10.5. The molecule has 0 aromatic heterocycles. The summed E-state index contributed by atoms with van der Waals surface area (Å²) in [7, 11) is 0. The highest BCUT2D eigenvalue weighted by molar-refractivity contribution is 8.04. The molecule has 1 aliphatic rings. The number of carbonyl (C=O) groups excluding carboxylic acids is 2. The highest BCUT2D eigenvalue weighted by Gasteiger charge is 2.31. The lowest BCUT2D eigenvalue weighted by Crippen LogP contribution is -2.20. The molecule has 2 rings (SSSR count). The lowest BCUT2D eigenvalue weighted by Gasteiger charge is -2.09. The number of hydrogen-bond acceptors (Lipinski definition) is 5. The van der Waals surface area contributed by atoms with E-state index in [9.17, 15) is 9.59 Å². The SMILES string of the molecule is CCOCCOC1=CSC(CC(=O)c2ccccc2)C1=O. The zero-order valence-corrected chi connectivity index (χ0v) is 12.7. The molecule has 5 heteroatoms. The Hall–Kier alpha value is -1.59. The van der Waals surface area contributed by atoms with Gasteiger partial charge in [-0.2, -0.15) is 0 Å². The third-order valence-corrected chi connectivity index (χ3v) is 4.09. The van der Waals surface area contributed by atoms with Gasteiger partial charge in [-0.1, -0.05) is 30.3 Å². The van der Waals surface area contributed by atoms with Gasteiger partial charge in [0.05, 0.1) is 11.9 Å². The molecule has 0 radical (unpaired) electrons. The standard InChI is InChI=1S/C16H18O4S/c1-2-19-8-9-20-14-11-21-15(16(14)18)10-13(17)12-6-4-3-5-7-12/h3-7,11,15H,2,8-10H2,1H3. The summed E-state index contributed by atoms with van der Waals surface area (Å²) in [5, 5.41) is 1.32. The summed E-state index contributed by atoms with van der Waals surface area (Å²) in [6.45, 7) is 3.34. The Morgan fingerprint density at radius 1 is 1.24 bits per heavy atom. The Morgan fingerprint density at radius 3 is 2.71 bits per heavy atom. The van der Waals surface area contributed by atoms with E-state index in [0.29, 0.717) is 31.1 Å². The Labute approximate surface area is 128 Å². The van der Waals surface area contributed by atoms with E-state index in [1.165, 1.54) is 11.8 Å². The van der Waals surface area contributed by atoms with Crippen molar-refractivity contribution in [2.24, 2.45) is 0 Å². The topological polar surface area (TPSA) is 52.6 Å². The molecule has 0 spiro atoms. The smallest absolute Gasteiger partial charge is 0.211 e. The van der Waals surface area contributed by atoms with Gasteiger partial charge < -0.3 is 9.47 Å². The first-order valence-electron chi connectivity index (χ1n) is 6.91. The van der Waals surface area contributed by atoms with Crippen LogP contribution in [0.25, 0.3) is 0 Å². The summed E-state index contributed by atoms with van der Waals surface area (Å²) in [5.41, 5.74) is 0.636. The average molecular weight is 306 g/mol. The summed E-state index contributed by atoms with van der Waals surface area (Å²) in [5.74, 6) is 0.205. The summed E-state index contributed by atoms with van der Waals surface area (Å²) in [6.07, 6.45) is 0.197. The third-order valence-electron chi connectivity index (χ3n) is 3.03. The number of rotatable bonds is 8. The first-order chi connectivity index (χ1) is 10.2. The number of ketones is 2. The van der Waals surface area contributed by atoms with Gasteiger partial charge in [0.15, 0.2) is 11.5 Å². The van der Waals surface area contributed by atoms with Crippen LogP contribution in [-0.2, 0) is 14.3 Å². The molecular weight excluding hydrogens is 288 g/mol. The molecule has 1 heterocycles. The molecule has 1 atom stereocenters. The second kappa shape index (κ2) is 8.00. The predicted octanol–water partition coefficient (Wildman–Crippen LogP) is 2.84. The molecule has 1 aromatic carbocycles. The molecule has 1 aliphatic heterocycles. The van der Waals surface area contributed by atoms with Crippen LogP contribution in [0.5, 0.6) is 0 Å². The number of Topliss-reactive ketones (excluding diaryl/α,β-unsaturated/α-hetero) is 2. The summed E-state index contributed by atoms with van der Waals surface area (Å²) in [6, 6.07) is 9.02. The summed E-state index contributed by atoms with van der Waals surface area (Å²) >= 11 is 1.35. The van der Waals surface area contributed by atoms with Crippen molar-refractivity contribution in [1.29, 1.82) is 0 Å². The molecule has 0 N–H and O–H groups in total. The molecule has 4 nitrogen and oxygen atoms in total. The maximum Gasteiger partial charge on any atom is 0.211 e. The largest absolute Gasteiger partial charge is 0.487 e. The van der Waals surface area contributed by atoms with Gasteiger partial charge in [0, 0.05) is 24.0 Å². The fourth-order valence-electron chi connectivity index (χ4n) is 1.93. The van der Waals surface area contributed by atoms with Gasteiger partial charge in [0.25, 0.3) is 0 Å². The van der Waals surface area contributed by atoms with Crippen molar-refractivity contribution < 1.29 is 19.1 Å². The van der Waals surface area contributed by atoms with Crippen LogP contribution >= 0.6 is 11.8 Å². The number of benzene rings is 1. The highest BCUT2D eigenvalue weighted by Crippen LogP contribution is 2.30. The molecule has 0 amide bonds. The van der Waals surface area contributed by atoms with Crippen LogP contribution < -0.4 is 0 Å². The number of ether oxygens (including phenoxy) is 2. The van der Waals surface area contributed by atoms with Gasteiger partial charge in [-0.3, -0.25) is 9.59 Å². The molecule has 1 unspecified atom stereocenters. The van der Waals surface area contributed by atoms with Crippen LogP contribution in [0.15, 0.2) is 41.5 Å². The zero-order chi connectivity index (χ0) is 15.1. The Kier molecular flexibility index (Phi) is 6.02. The molecule has 1 aromatic rings. The van der Waals surface area contributed by atoms with E-state index < -0.39 is 0 Å². The van der Waals surface area contributed by atoms with Crippen molar-refractivity contribution in [2.75, 3.05) is 19.8 Å². The number of allylic oxidation sites excluding steroid dienone is 1. The number of hydrogen-bond donors (Lipinski definition) is 0. The van der Waals surface area contributed by atoms with Gasteiger partial charge in [0.2, 0.25) is 5.78 Å². The molecule has 0 saturated carbocycles. The van der Waals surface area contributed by atoms with E-state index in [2.05, 4.69) is 0 Å². The third kappa shape index (κ3) is 4.44. The molecule has 0 aliphatic carbocycles. The summed E-state index contributed by atoms with van der Waals surface area (Å²) in [4.78, 5) is 24.2. The normalized spacial score (nSPS) is 17.7. The molecule has 112 valence electrons. The predicted molar refractivity (Wildman–Crippen MR) is 82.3 cm³/mol. The van der Waals surface area contributed by atoms with E-state index in [0.717, 1.165) is 0 Å². The van der Waals surface area contributed by atoms with Crippen LogP contribution in [0.1, 0.15) is 23.7 Å². The van der Waals surface area contributed by atoms with Gasteiger partial charge in [0.1, 0.15) is 6.61 Å². The fraction of sp³-hybridized carbons (Fsp3) is 0.375. The molecule has 0 saturated heterocycles. The lowest BCUT2D eigenvalue weighted by molar-refractivity contribution is -0.118. The zero-order valence-electron chi connectivity index (χ0n) is 11.9. The van der Waals surface area contributed by atoms with Crippen LogP contribution in [-0.4, -0.2) is 36.6 Å². The van der Waals surface area contributed by atoms with Crippen LogP contribution in [0.4, 0.5) is 0 Å². The first-order valence-corrected chi connectivity index (χ1v) is 7.85. The second-order valence-electron chi connectivity index (χ2n) is 4.51. The van der Waals surface area contributed by atoms with Crippen molar-refractivity contribution in [1.82, 2.24) is 0 Å². The van der Waals surface area contributed by atoms with Crippen LogP contribution in [0.3, 0.4) is 0 Å². The molecule has 21 heavy (non-hydrogen) atoms. The van der Waals surface area contributed by atoms with Gasteiger partial charge >= 0.3 is 0 Å². The maximum atomic E-state index is 12.1. The Morgan fingerprint density at radius 2 is 2.00 bits per heavy atom. The monoisotopic (exact) mass is 306 g/mol. The Balaban J connectivity index is 1.82. The van der Waals surface area contributed by atoms with Gasteiger partial charge in [-0.05, 0) is 6.92 Å². The van der Waals surface area contributed by atoms with E-state index in [-0.39, 0.29) is 23.2 Å². The van der Waals surface area contributed by atoms with Crippen LogP contribution in [0.2, 0.25) is 0 Å². The van der Waals surface area contributed by atoms with Gasteiger partial charge in [-0.25, -0.2) is 0 Å². The Bertz CT molecular complexity index is 524. The highest BCUT2D eigenvalue weighted by atomic mass is 32.2. The lowest BCUT2D eigenvalue weighted by atomic mass is 10.0. The average Bonchev–Trinajstić information content (AvgIpc) is 2.85. The van der Waals surface area contributed by atoms with Crippen molar-refractivity contribution in [3.8, 4) is 0 Å². The minimum absolute atomic E-state index is 0.0228. The van der Waals surface area contributed by atoms with Crippen molar-refractivity contribution >= 4 is 23.3 Å². The minimum Gasteiger partial charge on any atom is -0.487 e. The first kappa shape index (κ1) is 15.8. The van der Waals surface area contributed by atoms with Gasteiger partial charge in [-0.15, -0.1) is 11.8 Å². The van der Waals surface area contributed by atoms with E-state index in [4.69, 9.17) is 9.47 Å². The second-order valence-corrected chi connectivity index (χ2v) is 5.59.